The summed E-state index contributed by atoms with van der Waals surface area (Å²) in [5, 5.41) is 5.36. The molecule has 5 heteroatoms. The summed E-state index contributed by atoms with van der Waals surface area (Å²) < 4.78 is 5.70. The van der Waals surface area contributed by atoms with Crippen LogP contribution in [0.25, 0.3) is 0 Å². The van der Waals surface area contributed by atoms with Crippen molar-refractivity contribution in [2.24, 2.45) is 0 Å². The first kappa shape index (κ1) is 17.2. The van der Waals surface area contributed by atoms with Crippen molar-refractivity contribution in [2.45, 2.75) is 25.4 Å². The minimum atomic E-state index is -0.670. The van der Waals surface area contributed by atoms with E-state index in [4.69, 9.17) is 4.74 Å². The van der Waals surface area contributed by atoms with Crippen molar-refractivity contribution in [1.29, 1.82) is 0 Å². The molecule has 1 aliphatic carbocycles. The van der Waals surface area contributed by atoms with Gasteiger partial charge in [-0.15, -0.1) is 0 Å². The van der Waals surface area contributed by atoms with E-state index in [0.29, 0.717) is 5.69 Å². The van der Waals surface area contributed by atoms with E-state index in [-0.39, 0.29) is 6.54 Å². The lowest BCUT2D eigenvalue weighted by Gasteiger charge is -2.27. The Labute approximate surface area is 147 Å². The van der Waals surface area contributed by atoms with Gasteiger partial charge in [0, 0.05) is 32.2 Å². The Morgan fingerprint density at radius 2 is 1.60 bits per heavy atom. The van der Waals surface area contributed by atoms with Gasteiger partial charge < -0.3 is 15.4 Å². The van der Waals surface area contributed by atoms with Crippen molar-refractivity contribution in [1.82, 2.24) is 5.32 Å². The fourth-order valence-corrected chi connectivity index (χ4v) is 3.21. The Bertz CT molecular complexity index is 776. The zero-order valence-electron chi connectivity index (χ0n) is 14.5. The molecule has 0 unspecified atom stereocenters. The number of nitrogens with one attached hydrogen (secondary N) is 2. The van der Waals surface area contributed by atoms with Crippen LogP contribution in [0.15, 0.2) is 48.5 Å². The van der Waals surface area contributed by atoms with Gasteiger partial charge >= 0.3 is 11.8 Å². The van der Waals surface area contributed by atoms with Crippen molar-refractivity contribution < 1.29 is 14.3 Å². The molecular weight excluding hydrogens is 316 g/mol. The summed E-state index contributed by atoms with van der Waals surface area (Å²) in [5.41, 5.74) is 3.49. The predicted molar refractivity (Wildman–Crippen MR) is 96.4 cm³/mol. The lowest BCUT2D eigenvalue weighted by molar-refractivity contribution is -0.137. The van der Waals surface area contributed by atoms with Gasteiger partial charge in [0.05, 0.1) is 5.60 Å². The standard InChI is InChI=1S/C20H22N2O3/c1-14-7-3-6-10-17(14)22-19(24)18(23)21-13-20(25-2)11-15-8-4-5-9-16(15)12-20/h3-10H,11-13H2,1-2H3,(H,21,23)(H,22,24). The number of carbonyl (C=O) groups excluding carboxylic acids is 2. The van der Waals surface area contributed by atoms with E-state index < -0.39 is 17.4 Å². The first-order chi connectivity index (χ1) is 12.0. The first-order valence-electron chi connectivity index (χ1n) is 8.30. The maximum Gasteiger partial charge on any atom is 0.313 e. The van der Waals surface area contributed by atoms with Gasteiger partial charge in [-0.3, -0.25) is 9.59 Å². The molecule has 0 fully saturated rings. The highest BCUT2D eigenvalue weighted by Crippen LogP contribution is 2.32. The topological polar surface area (TPSA) is 67.4 Å². The average Bonchev–Trinajstić information content (AvgIpc) is 3.01. The van der Waals surface area contributed by atoms with Crippen LogP contribution in [0.1, 0.15) is 16.7 Å². The molecule has 0 spiro atoms. The van der Waals surface area contributed by atoms with Crippen molar-refractivity contribution in [3.63, 3.8) is 0 Å². The number of fused-ring (bicyclic) bond motifs is 1. The van der Waals surface area contributed by atoms with Crippen molar-refractivity contribution in [3.8, 4) is 0 Å². The summed E-state index contributed by atoms with van der Waals surface area (Å²) in [6.07, 6.45) is 1.44. The molecule has 0 aliphatic heterocycles. The van der Waals surface area contributed by atoms with E-state index in [1.165, 1.54) is 11.1 Å². The van der Waals surface area contributed by atoms with Crippen LogP contribution in [0.5, 0.6) is 0 Å². The molecule has 2 N–H and O–H groups in total. The fourth-order valence-electron chi connectivity index (χ4n) is 3.21. The lowest BCUT2D eigenvalue weighted by Crippen LogP contribution is -2.48. The summed E-state index contributed by atoms with van der Waals surface area (Å²) >= 11 is 0. The third-order valence-corrected chi connectivity index (χ3v) is 4.75. The van der Waals surface area contributed by atoms with E-state index in [2.05, 4.69) is 22.8 Å². The molecule has 5 nitrogen and oxygen atoms in total. The highest BCUT2D eigenvalue weighted by molar-refractivity contribution is 6.39. The van der Waals surface area contributed by atoms with Crippen LogP contribution < -0.4 is 10.6 Å². The second-order valence-corrected chi connectivity index (χ2v) is 6.46. The van der Waals surface area contributed by atoms with Crippen molar-refractivity contribution in [3.05, 3.63) is 65.2 Å². The van der Waals surface area contributed by atoms with Gasteiger partial charge in [0.15, 0.2) is 0 Å². The van der Waals surface area contributed by atoms with Crippen LogP contribution in [0, 0.1) is 6.92 Å². The largest absolute Gasteiger partial charge is 0.376 e. The third kappa shape index (κ3) is 3.72. The van der Waals surface area contributed by atoms with Gasteiger partial charge in [-0.2, -0.15) is 0 Å². The Morgan fingerprint density at radius 3 is 2.20 bits per heavy atom. The monoisotopic (exact) mass is 338 g/mol. The first-order valence-corrected chi connectivity index (χ1v) is 8.30. The van der Waals surface area contributed by atoms with Crippen LogP contribution in [0.2, 0.25) is 0 Å². The number of hydrogen-bond donors (Lipinski definition) is 2. The molecule has 0 bridgehead atoms. The molecule has 2 amide bonds. The Morgan fingerprint density at radius 1 is 1.00 bits per heavy atom. The van der Waals surface area contributed by atoms with E-state index in [1.54, 1.807) is 13.2 Å². The molecule has 130 valence electrons. The predicted octanol–water partition coefficient (Wildman–Crippen LogP) is 2.23. The van der Waals surface area contributed by atoms with Crippen molar-refractivity contribution in [2.75, 3.05) is 19.0 Å². The molecule has 0 heterocycles. The fraction of sp³-hybridized carbons (Fsp3) is 0.300. The number of para-hydroxylation sites is 1. The summed E-state index contributed by atoms with van der Waals surface area (Å²) in [6.45, 7) is 2.17. The number of carbonyl (C=O) groups is 2. The Balaban J connectivity index is 1.60. The number of ether oxygens (including phenoxy) is 1. The smallest absolute Gasteiger partial charge is 0.313 e. The van der Waals surface area contributed by atoms with Crippen LogP contribution >= 0.6 is 0 Å². The van der Waals surface area contributed by atoms with Gasteiger partial charge in [0.2, 0.25) is 0 Å². The van der Waals surface area contributed by atoms with Crippen LogP contribution in [-0.2, 0) is 27.2 Å². The highest BCUT2D eigenvalue weighted by atomic mass is 16.5. The zero-order chi connectivity index (χ0) is 17.9. The molecule has 0 aromatic heterocycles. The van der Waals surface area contributed by atoms with Gasteiger partial charge in [-0.1, -0.05) is 42.5 Å². The molecular formula is C20H22N2O3. The molecule has 0 saturated carbocycles. The number of amides is 2. The number of rotatable bonds is 4. The molecule has 0 radical (unpaired) electrons. The Kier molecular flexibility index (Phi) is 4.86. The number of hydrogen-bond acceptors (Lipinski definition) is 3. The van der Waals surface area contributed by atoms with Crippen LogP contribution in [-0.4, -0.2) is 31.1 Å². The number of methoxy groups -OCH3 is 1. The molecule has 3 rings (SSSR count). The van der Waals surface area contributed by atoms with Crippen LogP contribution in [0.4, 0.5) is 5.69 Å². The summed E-state index contributed by atoms with van der Waals surface area (Å²) in [6, 6.07) is 15.5. The zero-order valence-corrected chi connectivity index (χ0v) is 14.5. The van der Waals surface area contributed by atoms with Gasteiger partial charge in [0.25, 0.3) is 0 Å². The average molecular weight is 338 g/mol. The van der Waals surface area contributed by atoms with Gasteiger partial charge in [-0.25, -0.2) is 0 Å². The van der Waals surface area contributed by atoms with Gasteiger partial charge in [0.1, 0.15) is 0 Å². The molecule has 2 aromatic rings. The molecule has 25 heavy (non-hydrogen) atoms. The third-order valence-electron chi connectivity index (χ3n) is 4.75. The van der Waals surface area contributed by atoms with Gasteiger partial charge in [-0.05, 0) is 29.7 Å². The van der Waals surface area contributed by atoms with Crippen LogP contribution in [0.3, 0.4) is 0 Å². The second-order valence-electron chi connectivity index (χ2n) is 6.46. The molecule has 0 atom stereocenters. The maximum atomic E-state index is 12.2. The number of benzene rings is 2. The maximum absolute atomic E-state index is 12.2. The lowest BCUT2D eigenvalue weighted by atomic mass is 10.00. The van der Waals surface area contributed by atoms with Crippen molar-refractivity contribution >= 4 is 17.5 Å². The van der Waals surface area contributed by atoms with E-state index in [1.807, 2.05) is 37.3 Å². The quantitative estimate of drug-likeness (QED) is 0.840. The molecule has 2 aromatic carbocycles. The summed E-state index contributed by atoms with van der Waals surface area (Å²) in [7, 11) is 1.64. The van der Waals surface area contributed by atoms with E-state index >= 15 is 0 Å². The highest BCUT2D eigenvalue weighted by Gasteiger charge is 2.37. The minimum absolute atomic E-state index is 0.290. The minimum Gasteiger partial charge on any atom is -0.376 e. The number of anilines is 1. The Hall–Kier alpha value is -2.66. The van der Waals surface area contributed by atoms with E-state index in [0.717, 1.165) is 18.4 Å². The molecule has 1 aliphatic rings. The SMILES string of the molecule is COC1(CNC(=O)C(=O)Nc2ccccc2C)Cc2ccccc2C1. The number of aryl methyl sites for hydroxylation is 1. The second kappa shape index (κ2) is 7.07. The van der Waals surface area contributed by atoms with E-state index in [9.17, 15) is 9.59 Å². The summed E-state index contributed by atoms with van der Waals surface area (Å²) in [4.78, 5) is 24.3. The normalized spacial score (nSPS) is 14.6. The summed E-state index contributed by atoms with van der Waals surface area (Å²) in [5.74, 6) is -1.33. The molecule has 0 saturated heterocycles.